The van der Waals surface area contributed by atoms with Crippen molar-refractivity contribution in [2.45, 2.75) is 26.2 Å². The van der Waals surface area contributed by atoms with Gasteiger partial charge in [0.1, 0.15) is 11.6 Å². The Labute approximate surface area is 94.8 Å². The van der Waals surface area contributed by atoms with Crippen LogP contribution in [0.2, 0.25) is 0 Å². The monoisotopic (exact) mass is 223 g/mol. The van der Waals surface area contributed by atoms with Crippen LogP contribution in [0.15, 0.2) is 12.1 Å². The molecular formula is C11H17N3O2. The molecule has 0 saturated carbocycles. The van der Waals surface area contributed by atoms with Gasteiger partial charge in [0.05, 0.1) is 12.2 Å². The normalized spacial score (nSPS) is 10.1. The van der Waals surface area contributed by atoms with Gasteiger partial charge in [-0.05, 0) is 18.6 Å². The third-order valence-electron chi connectivity index (χ3n) is 2.08. The van der Waals surface area contributed by atoms with Gasteiger partial charge >= 0.3 is 5.97 Å². The highest BCUT2D eigenvalue weighted by Crippen LogP contribution is 2.10. The predicted octanol–water partition coefficient (Wildman–Crippen LogP) is 1.59. The molecule has 0 saturated heterocycles. The van der Waals surface area contributed by atoms with Gasteiger partial charge in [0.2, 0.25) is 0 Å². The summed E-state index contributed by atoms with van der Waals surface area (Å²) in [5.41, 5.74) is 11.3. The molecule has 0 aliphatic heterocycles. The predicted molar refractivity (Wildman–Crippen MR) is 62.9 cm³/mol. The summed E-state index contributed by atoms with van der Waals surface area (Å²) in [6.45, 7) is 2.51. The Hall–Kier alpha value is -1.78. The lowest BCUT2D eigenvalue weighted by molar-refractivity contribution is 0.0498. The van der Waals surface area contributed by atoms with Crippen LogP contribution < -0.4 is 11.5 Å². The Bertz CT molecular complexity index is 346. The van der Waals surface area contributed by atoms with E-state index < -0.39 is 5.97 Å². The maximum absolute atomic E-state index is 11.6. The third-order valence-corrected chi connectivity index (χ3v) is 2.08. The molecule has 1 aromatic rings. The maximum atomic E-state index is 11.6. The van der Waals surface area contributed by atoms with E-state index >= 15 is 0 Å². The average molecular weight is 223 g/mol. The van der Waals surface area contributed by atoms with E-state index in [1.54, 1.807) is 0 Å². The van der Waals surface area contributed by atoms with E-state index in [-0.39, 0.29) is 11.6 Å². The molecule has 0 aliphatic carbocycles. The van der Waals surface area contributed by atoms with Gasteiger partial charge in [-0.15, -0.1) is 0 Å². The van der Waals surface area contributed by atoms with E-state index in [0.29, 0.717) is 12.2 Å². The van der Waals surface area contributed by atoms with Gasteiger partial charge in [0.25, 0.3) is 0 Å². The fourth-order valence-electron chi connectivity index (χ4n) is 1.29. The fourth-order valence-corrected chi connectivity index (χ4v) is 1.29. The summed E-state index contributed by atoms with van der Waals surface area (Å²) in [5, 5.41) is 0. The highest BCUT2D eigenvalue weighted by Gasteiger charge is 2.08. The van der Waals surface area contributed by atoms with Gasteiger partial charge in [-0.3, -0.25) is 0 Å². The second-order valence-corrected chi connectivity index (χ2v) is 3.55. The second kappa shape index (κ2) is 5.95. The van der Waals surface area contributed by atoms with Crippen molar-refractivity contribution in [3.05, 3.63) is 17.7 Å². The van der Waals surface area contributed by atoms with Crippen molar-refractivity contribution in [2.75, 3.05) is 18.1 Å². The standard InChI is InChI=1S/C11H17N3O2/c1-2-3-4-5-16-11(15)8-6-9(12)14-10(13)7-8/h6-7H,2-5H2,1H3,(H4,12,13,14). The molecular weight excluding hydrogens is 206 g/mol. The van der Waals surface area contributed by atoms with Gasteiger partial charge in [-0.1, -0.05) is 19.8 Å². The number of rotatable bonds is 5. The molecule has 5 nitrogen and oxygen atoms in total. The largest absolute Gasteiger partial charge is 0.462 e. The number of carbonyl (C=O) groups is 1. The van der Waals surface area contributed by atoms with Crippen molar-refractivity contribution in [1.82, 2.24) is 4.98 Å². The van der Waals surface area contributed by atoms with Crippen molar-refractivity contribution in [3.8, 4) is 0 Å². The number of esters is 1. The Morgan fingerprint density at radius 1 is 1.31 bits per heavy atom. The smallest absolute Gasteiger partial charge is 0.338 e. The zero-order valence-electron chi connectivity index (χ0n) is 9.40. The number of hydrogen-bond acceptors (Lipinski definition) is 5. The molecule has 0 radical (unpaired) electrons. The average Bonchev–Trinajstić information content (AvgIpc) is 2.22. The fraction of sp³-hybridized carbons (Fsp3) is 0.455. The van der Waals surface area contributed by atoms with Crippen molar-refractivity contribution in [3.63, 3.8) is 0 Å². The summed E-state index contributed by atoms with van der Waals surface area (Å²) >= 11 is 0. The van der Waals surface area contributed by atoms with Crippen molar-refractivity contribution < 1.29 is 9.53 Å². The minimum atomic E-state index is -0.406. The summed E-state index contributed by atoms with van der Waals surface area (Å²) < 4.78 is 5.06. The lowest BCUT2D eigenvalue weighted by atomic mass is 10.2. The molecule has 0 aliphatic rings. The number of nitrogen functional groups attached to an aromatic ring is 2. The number of nitrogens with zero attached hydrogens (tertiary/aromatic N) is 1. The SMILES string of the molecule is CCCCCOC(=O)c1cc(N)nc(N)c1. The van der Waals surface area contributed by atoms with Crippen molar-refractivity contribution in [2.24, 2.45) is 0 Å². The lowest BCUT2D eigenvalue weighted by Crippen LogP contribution is -2.08. The summed E-state index contributed by atoms with van der Waals surface area (Å²) in [4.78, 5) is 15.3. The summed E-state index contributed by atoms with van der Waals surface area (Å²) in [7, 11) is 0. The first-order valence-corrected chi connectivity index (χ1v) is 5.33. The molecule has 1 rings (SSSR count). The van der Waals surface area contributed by atoms with Crippen molar-refractivity contribution >= 4 is 17.6 Å². The number of anilines is 2. The topological polar surface area (TPSA) is 91.2 Å². The van der Waals surface area contributed by atoms with E-state index in [9.17, 15) is 4.79 Å². The van der Waals surface area contributed by atoms with E-state index in [1.165, 1.54) is 12.1 Å². The van der Waals surface area contributed by atoms with E-state index in [1.807, 2.05) is 0 Å². The Kier molecular flexibility index (Phi) is 4.57. The molecule has 0 fully saturated rings. The maximum Gasteiger partial charge on any atom is 0.338 e. The number of pyridine rings is 1. The number of ether oxygens (including phenoxy) is 1. The molecule has 0 bridgehead atoms. The number of aromatic nitrogens is 1. The number of carbonyl (C=O) groups excluding carboxylic acids is 1. The second-order valence-electron chi connectivity index (χ2n) is 3.55. The lowest BCUT2D eigenvalue weighted by Gasteiger charge is -2.05. The van der Waals surface area contributed by atoms with E-state index in [2.05, 4.69) is 11.9 Å². The Balaban J connectivity index is 2.52. The minimum Gasteiger partial charge on any atom is -0.462 e. The molecule has 0 atom stereocenters. The van der Waals surface area contributed by atoms with Crippen molar-refractivity contribution in [1.29, 1.82) is 0 Å². The van der Waals surface area contributed by atoms with Crippen LogP contribution in [-0.4, -0.2) is 17.6 Å². The van der Waals surface area contributed by atoms with E-state index in [0.717, 1.165) is 19.3 Å². The van der Waals surface area contributed by atoms with Gasteiger partial charge in [-0.25, -0.2) is 9.78 Å². The Morgan fingerprint density at radius 2 is 1.94 bits per heavy atom. The van der Waals surface area contributed by atoms with Crippen LogP contribution in [0.5, 0.6) is 0 Å². The molecule has 5 heteroatoms. The van der Waals surface area contributed by atoms with Crippen LogP contribution in [-0.2, 0) is 4.74 Å². The van der Waals surface area contributed by atoms with Crippen LogP contribution in [0.4, 0.5) is 11.6 Å². The molecule has 16 heavy (non-hydrogen) atoms. The number of unbranched alkanes of at least 4 members (excludes halogenated alkanes) is 2. The molecule has 1 heterocycles. The van der Waals surface area contributed by atoms with Crippen LogP contribution in [0, 0.1) is 0 Å². The summed E-state index contributed by atoms with van der Waals surface area (Å²) in [5.74, 6) is 0.0397. The first-order chi connectivity index (χ1) is 7.63. The number of nitrogens with two attached hydrogens (primary N) is 2. The van der Waals surface area contributed by atoms with Gasteiger partial charge < -0.3 is 16.2 Å². The molecule has 0 aromatic carbocycles. The number of hydrogen-bond donors (Lipinski definition) is 2. The zero-order chi connectivity index (χ0) is 12.0. The highest BCUT2D eigenvalue weighted by molar-refractivity contribution is 5.90. The van der Waals surface area contributed by atoms with Crippen LogP contribution >= 0.6 is 0 Å². The van der Waals surface area contributed by atoms with E-state index in [4.69, 9.17) is 16.2 Å². The quantitative estimate of drug-likeness (QED) is 0.584. The van der Waals surface area contributed by atoms with Gasteiger partial charge in [0.15, 0.2) is 0 Å². The third kappa shape index (κ3) is 3.76. The van der Waals surface area contributed by atoms with Gasteiger partial charge in [0, 0.05) is 0 Å². The summed E-state index contributed by atoms with van der Waals surface area (Å²) in [6, 6.07) is 2.91. The van der Waals surface area contributed by atoms with Crippen LogP contribution in [0.1, 0.15) is 36.5 Å². The molecule has 0 amide bonds. The molecule has 0 unspecified atom stereocenters. The first-order valence-electron chi connectivity index (χ1n) is 5.33. The highest BCUT2D eigenvalue weighted by atomic mass is 16.5. The first kappa shape index (κ1) is 12.3. The van der Waals surface area contributed by atoms with Crippen LogP contribution in [0.25, 0.3) is 0 Å². The summed E-state index contributed by atoms with van der Waals surface area (Å²) in [6.07, 6.45) is 3.01. The minimum absolute atomic E-state index is 0.223. The molecule has 1 aromatic heterocycles. The van der Waals surface area contributed by atoms with Crippen LogP contribution in [0.3, 0.4) is 0 Å². The molecule has 4 N–H and O–H groups in total. The zero-order valence-corrected chi connectivity index (χ0v) is 9.40. The molecule has 0 spiro atoms. The van der Waals surface area contributed by atoms with Gasteiger partial charge in [-0.2, -0.15) is 0 Å². The Morgan fingerprint density at radius 3 is 2.50 bits per heavy atom. The molecule has 88 valence electrons.